The smallest absolute Gasteiger partial charge is 0.366 e. The minimum absolute atomic E-state index is 0.0158. The summed E-state index contributed by atoms with van der Waals surface area (Å²) in [6.07, 6.45) is -22.8. The van der Waals surface area contributed by atoms with Gasteiger partial charge in [0.15, 0.2) is 18.7 Å². The Kier molecular flexibility index (Phi) is 12.5. The lowest BCUT2D eigenvalue weighted by Gasteiger charge is -2.39. The molecule has 5 atom stereocenters. The second-order valence-corrected chi connectivity index (χ2v) is 11.1. The van der Waals surface area contributed by atoms with Crippen molar-refractivity contribution in [1.82, 2.24) is 0 Å². The molecule has 0 aromatic heterocycles. The fourth-order valence-corrected chi connectivity index (χ4v) is 4.30. The zero-order valence-electron chi connectivity index (χ0n) is 21.0. The molecule has 1 fully saturated rings. The maximum absolute atomic E-state index is 14.5. The second-order valence-electron chi connectivity index (χ2n) is 8.11. The number of benzene rings is 1. The van der Waals surface area contributed by atoms with Crippen molar-refractivity contribution in [3.8, 4) is 0 Å². The predicted molar refractivity (Wildman–Crippen MR) is 128 cm³/mol. The van der Waals surface area contributed by atoms with Gasteiger partial charge in [-0.25, -0.2) is 4.74 Å². The van der Waals surface area contributed by atoms with Crippen molar-refractivity contribution in [2.24, 2.45) is 0 Å². The molecule has 2 rings (SSSR count). The fourth-order valence-electron chi connectivity index (χ4n) is 3.24. The van der Waals surface area contributed by atoms with Gasteiger partial charge in [-0.3, -0.25) is 4.18 Å². The third-order valence-corrected chi connectivity index (χ3v) is 7.25. The number of aliphatic hydroxyl groups excluding tert-OH is 1. The Hall–Kier alpha value is -0.980. The number of aliphatic hydroxyl groups is 1. The van der Waals surface area contributed by atoms with Gasteiger partial charge >= 0.3 is 31.5 Å². The molecule has 1 N–H and O–H groups in total. The highest BCUT2D eigenvalue weighted by atomic mass is 127. The molecule has 1 aromatic carbocycles. The van der Waals surface area contributed by atoms with E-state index < -0.39 is 69.2 Å². The summed E-state index contributed by atoms with van der Waals surface area (Å²) in [6, 6.07) is 8.04. The van der Waals surface area contributed by atoms with Crippen molar-refractivity contribution in [2.45, 2.75) is 65.6 Å². The molecule has 10 nitrogen and oxygen atoms in total. The molecule has 1 aliphatic heterocycles. The van der Waals surface area contributed by atoms with Crippen LogP contribution in [0.15, 0.2) is 30.3 Å². The van der Waals surface area contributed by atoms with Crippen LogP contribution >= 0.6 is 22.6 Å². The van der Waals surface area contributed by atoms with Crippen molar-refractivity contribution in [3.05, 3.63) is 35.9 Å². The van der Waals surface area contributed by atoms with E-state index in [1.807, 2.05) is 0 Å². The quantitative estimate of drug-likeness (QED) is 0.0653. The molecule has 1 aromatic rings. The zero-order chi connectivity index (χ0) is 31.3. The van der Waals surface area contributed by atoms with E-state index in [2.05, 4.69) is 13.7 Å². The van der Waals surface area contributed by atoms with Gasteiger partial charge in [0.1, 0.15) is 12.9 Å². The first-order valence-corrected chi connectivity index (χ1v) is 13.9. The van der Waals surface area contributed by atoms with Gasteiger partial charge in [0, 0.05) is 41.9 Å². The predicted octanol–water partition coefficient (Wildman–Crippen LogP) is 4.37. The van der Waals surface area contributed by atoms with Crippen LogP contribution in [0.1, 0.15) is 25.2 Å². The van der Waals surface area contributed by atoms with Crippen LogP contribution < -0.4 is 0 Å². The lowest BCUT2D eigenvalue weighted by atomic mass is 10.0. The van der Waals surface area contributed by atoms with Crippen LogP contribution in [0, 0.1) is 0 Å². The molecule has 1 heterocycles. The molecular weight excluding hydrogens is 723 g/mol. The fraction of sp³-hybridized carbons (Fsp3) is 0.714. The molecule has 0 amide bonds. The van der Waals surface area contributed by atoms with Crippen molar-refractivity contribution < 1.29 is 81.3 Å². The minimum Gasteiger partial charge on any atom is -0.366 e. The van der Waals surface area contributed by atoms with E-state index in [4.69, 9.17) is 18.9 Å². The summed E-state index contributed by atoms with van der Waals surface area (Å²) < 4.78 is 162. The van der Waals surface area contributed by atoms with Gasteiger partial charge < -0.3 is 28.8 Å². The van der Waals surface area contributed by atoms with Gasteiger partial charge in [-0.1, -0.05) is 30.3 Å². The highest BCUT2D eigenvalue weighted by molar-refractivity contribution is 14.1. The number of hydrogen-bond donors (Lipinski definition) is 1. The number of halogens is 9. The van der Waals surface area contributed by atoms with Crippen molar-refractivity contribution in [1.29, 1.82) is 0 Å². The molecule has 20 heteroatoms. The van der Waals surface area contributed by atoms with Gasteiger partial charge in [-0.2, -0.15) is 43.5 Å². The van der Waals surface area contributed by atoms with Crippen molar-refractivity contribution >= 4 is 32.7 Å². The Morgan fingerprint density at radius 3 is 2.22 bits per heavy atom. The van der Waals surface area contributed by atoms with Gasteiger partial charge in [0.25, 0.3) is 0 Å². The largest absolute Gasteiger partial charge is 0.460 e. The molecule has 0 saturated carbocycles. The number of alkyl halides is 9. The third-order valence-electron chi connectivity index (χ3n) is 5.28. The molecule has 41 heavy (non-hydrogen) atoms. The summed E-state index contributed by atoms with van der Waals surface area (Å²) in [6.45, 7) is 0.723. The molecule has 0 spiro atoms. The topological polar surface area (TPSA) is 119 Å². The number of rotatable bonds is 16. The maximum atomic E-state index is 14.5. The first-order valence-electron chi connectivity index (χ1n) is 11.4. The van der Waals surface area contributed by atoms with Crippen LogP contribution in [0.25, 0.3) is 0 Å². The van der Waals surface area contributed by atoms with Crippen molar-refractivity contribution in [2.75, 3.05) is 27.1 Å². The summed E-state index contributed by atoms with van der Waals surface area (Å²) in [5, 5.41) is 3.56. The number of methoxy groups -OCH3 is 1. The van der Waals surface area contributed by atoms with E-state index in [0.717, 1.165) is 7.11 Å². The summed E-state index contributed by atoms with van der Waals surface area (Å²) in [4.78, 5) is 0. The van der Waals surface area contributed by atoms with E-state index in [1.54, 1.807) is 30.3 Å². The Morgan fingerprint density at radius 1 is 1.07 bits per heavy atom. The first kappa shape index (κ1) is 36.2. The van der Waals surface area contributed by atoms with Crippen LogP contribution in [0.4, 0.5) is 35.1 Å². The van der Waals surface area contributed by atoms with E-state index in [9.17, 15) is 48.6 Å². The highest BCUT2D eigenvalue weighted by Crippen LogP contribution is 2.49. The Bertz CT molecular complexity index is 1060. The lowest BCUT2D eigenvalue weighted by molar-refractivity contribution is -0.439. The van der Waals surface area contributed by atoms with Gasteiger partial charge in [0.2, 0.25) is 0 Å². The maximum Gasteiger partial charge on any atom is 0.460 e. The third kappa shape index (κ3) is 8.79. The molecule has 1 aliphatic rings. The summed E-state index contributed by atoms with van der Waals surface area (Å²) in [5.41, 5.74) is 0.439. The van der Waals surface area contributed by atoms with Crippen LogP contribution in [0.5, 0.6) is 0 Å². The van der Waals surface area contributed by atoms with E-state index in [-0.39, 0.29) is 42.2 Å². The normalized spacial score (nSPS) is 21.9. The summed E-state index contributed by atoms with van der Waals surface area (Å²) in [7, 11) is -6.37. The van der Waals surface area contributed by atoms with Crippen LogP contribution in [0.2, 0.25) is 0 Å². The monoisotopic (exact) mass is 748 g/mol. The average Bonchev–Trinajstić information content (AvgIpc) is 2.89. The molecule has 0 radical (unpaired) electrons. The Labute approximate surface area is 242 Å². The molecule has 5 unspecified atom stereocenters. The second kappa shape index (κ2) is 14.2. The summed E-state index contributed by atoms with van der Waals surface area (Å²) >= 11 is -0.372. The molecule has 1 saturated heterocycles. The van der Waals surface area contributed by atoms with Gasteiger partial charge in [-0.15, -0.1) is 0 Å². The average molecular weight is 748 g/mol. The van der Waals surface area contributed by atoms with Crippen LogP contribution in [-0.4, -0.2) is 86.6 Å². The van der Waals surface area contributed by atoms with Crippen LogP contribution in [0.3, 0.4) is 0 Å². The van der Waals surface area contributed by atoms with E-state index in [1.165, 1.54) is 6.92 Å². The first-order chi connectivity index (χ1) is 18.8. The lowest BCUT2D eigenvalue weighted by Crippen LogP contribution is -2.58. The summed E-state index contributed by atoms with van der Waals surface area (Å²) in [5.74, 6) is 0. The van der Waals surface area contributed by atoms with Gasteiger partial charge in [-0.05, 0) is 13.3 Å². The Balaban J connectivity index is 2.44. The number of ether oxygens (including phenoxy) is 6. The van der Waals surface area contributed by atoms with Crippen LogP contribution in [-0.2, 0) is 42.7 Å². The standard InChI is InChI=1S/C21H25F8IO10S/c1-3-35-11-37-14(13-9-10-36-17(38-13)12-7-5-4-6-8-12)15(16(31)34-2)39-41(32,33)21(28,29)20(26,27)40-19(24,25)18(22,23)30/h4-8,13-17,31H,3,9-11H2,1-2H3. The Morgan fingerprint density at radius 2 is 1.68 bits per heavy atom. The number of hydrogen-bond acceptors (Lipinski definition) is 10. The molecule has 0 bridgehead atoms. The van der Waals surface area contributed by atoms with Gasteiger partial charge in [0.05, 0.1) is 12.7 Å². The zero-order valence-corrected chi connectivity index (χ0v) is 24.0. The molecule has 0 aliphatic carbocycles. The minimum atomic E-state index is -7.11. The molecular formula is C21H25F8IO10S. The highest BCUT2D eigenvalue weighted by Gasteiger charge is 2.74. The van der Waals surface area contributed by atoms with Crippen molar-refractivity contribution in [3.63, 3.8) is 0 Å². The molecule has 238 valence electrons. The van der Waals surface area contributed by atoms with E-state index >= 15 is 0 Å². The SMILES string of the molecule is CCOCOC(C1CCOC(c2ccccc2)O1)C(OS(=O)(=O)C(F)(F)C(F)(F)OC(F)(F)C(F)(F)I)C(O)OC. The van der Waals surface area contributed by atoms with E-state index in [0.29, 0.717) is 5.56 Å².